The Morgan fingerprint density at radius 3 is 2.17 bits per heavy atom. The van der Waals surface area contributed by atoms with Crippen molar-refractivity contribution in [2.45, 2.75) is 75.9 Å². The van der Waals surface area contributed by atoms with Crippen LogP contribution in [0.1, 0.15) is 54.4 Å². The van der Waals surface area contributed by atoms with Gasteiger partial charge in [0.15, 0.2) is 0 Å². The van der Waals surface area contributed by atoms with Crippen LogP contribution in [0.4, 0.5) is 5.69 Å². The van der Waals surface area contributed by atoms with Gasteiger partial charge in [-0.3, -0.25) is 13.9 Å². The third kappa shape index (κ3) is 9.07. The summed E-state index contributed by atoms with van der Waals surface area (Å²) >= 11 is 9.58. The lowest BCUT2D eigenvalue weighted by atomic mass is 9.94. The lowest BCUT2D eigenvalue weighted by molar-refractivity contribution is -0.140. The number of anilines is 1. The summed E-state index contributed by atoms with van der Waals surface area (Å²) in [6.07, 6.45) is 5.29. The molecule has 10 heteroatoms. The second-order valence-electron chi connectivity index (χ2n) is 12.4. The maximum Gasteiger partial charge on any atom is 0.264 e. The predicted octanol–water partition coefficient (Wildman–Crippen LogP) is 8.00. The lowest BCUT2D eigenvalue weighted by Crippen LogP contribution is -2.55. The number of amides is 2. The number of hydrogen-bond acceptors (Lipinski definition) is 4. The lowest BCUT2D eigenvalue weighted by Gasteiger charge is -2.35. The van der Waals surface area contributed by atoms with Gasteiger partial charge in [-0.05, 0) is 97.5 Å². The van der Waals surface area contributed by atoms with Crippen LogP contribution in [0.3, 0.4) is 0 Å². The van der Waals surface area contributed by atoms with Gasteiger partial charge in [-0.1, -0.05) is 95.3 Å². The van der Waals surface area contributed by atoms with Crippen LogP contribution >= 0.6 is 27.5 Å². The maximum atomic E-state index is 14.7. The van der Waals surface area contributed by atoms with E-state index in [1.165, 1.54) is 24.3 Å². The molecule has 1 aliphatic carbocycles. The number of aryl methyl sites for hydroxylation is 2. The molecular weight excluding hydrogens is 710 g/mol. The minimum Gasteiger partial charge on any atom is -0.352 e. The quantitative estimate of drug-likeness (QED) is 0.159. The summed E-state index contributed by atoms with van der Waals surface area (Å²) < 4.78 is 30.6. The Morgan fingerprint density at radius 2 is 1.52 bits per heavy atom. The number of rotatable bonds is 12. The van der Waals surface area contributed by atoms with Gasteiger partial charge in [-0.25, -0.2) is 8.42 Å². The van der Waals surface area contributed by atoms with Gasteiger partial charge in [0.25, 0.3) is 10.0 Å². The average molecular weight is 751 g/mol. The van der Waals surface area contributed by atoms with Gasteiger partial charge in [-0.2, -0.15) is 0 Å². The molecule has 1 N–H and O–H groups in total. The summed E-state index contributed by atoms with van der Waals surface area (Å²) in [6, 6.07) is 27.5. The van der Waals surface area contributed by atoms with Crippen molar-refractivity contribution < 1.29 is 18.0 Å². The van der Waals surface area contributed by atoms with Crippen LogP contribution in [0, 0.1) is 13.8 Å². The predicted molar refractivity (Wildman–Crippen MR) is 196 cm³/mol. The summed E-state index contributed by atoms with van der Waals surface area (Å²) in [5, 5.41) is 3.64. The van der Waals surface area contributed by atoms with E-state index < -0.39 is 28.5 Å². The molecular formula is C38H41BrClN3O4S. The fourth-order valence-electron chi connectivity index (χ4n) is 6.03. The largest absolute Gasteiger partial charge is 0.352 e. The van der Waals surface area contributed by atoms with Crippen LogP contribution in [0.2, 0.25) is 5.02 Å². The minimum atomic E-state index is -4.21. The van der Waals surface area contributed by atoms with Gasteiger partial charge in [0, 0.05) is 28.5 Å². The average Bonchev–Trinajstić information content (AvgIpc) is 3.08. The van der Waals surface area contributed by atoms with E-state index in [1.54, 1.807) is 17.0 Å². The Morgan fingerprint density at radius 1 is 0.854 bits per heavy atom. The second kappa shape index (κ2) is 16.2. The zero-order valence-electron chi connectivity index (χ0n) is 27.2. The molecule has 5 rings (SSSR count). The zero-order valence-corrected chi connectivity index (χ0v) is 30.4. The number of nitrogens with one attached hydrogen (secondary N) is 1. The van der Waals surface area contributed by atoms with E-state index in [9.17, 15) is 18.0 Å². The molecule has 0 bridgehead atoms. The summed E-state index contributed by atoms with van der Waals surface area (Å²) in [5.74, 6) is -0.733. The van der Waals surface area contributed by atoms with Crippen LogP contribution in [-0.2, 0) is 32.6 Å². The van der Waals surface area contributed by atoms with Gasteiger partial charge in [-0.15, -0.1) is 0 Å². The number of carbonyl (C=O) groups is 2. The highest BCUT2D eigenvalue weighted by Gasteiger charge is 2.35. The smallest absolute Gasteiger partial charge is 0.264 e. The summed E-state index contributed by atoms with van der Waals surface area (Å²) in [7, 11) is -4.21. The highest BCUT2D eigenvalue weighted by molar-refractivity contribution is 9.10. The molecule has 0 aliphatic heterocycles. The van der Waals surface area contributed by atoms with Crippen molar-refractivity contribution in [3.63, 3.8) is 0 Å². The van der Waals surface area contributed by atoms with Crippen molar-refractivity contribution in [3.05, 3.63) is 129 Å². The number of halogens is 2. The molecule has 1 atom stereocenters. The summed E-state index contributed by atoms with van der Waals surface area (Å²) in [5.41, 5.74) is 3.95. The third-order valence-electron chi connectivity index (χ3n) is 8.95. The Balaban J connectivity index is 1.57. The molecule has 48 heavy (non-hydrogen) atoms. The van der Waals surface area contributed by atoms with Gasteiger partial charge in [0.05, 0.1) is 10.6 Å². The normalized spacial score (nSPS) is 14.2. The fraction of sp³-hybridized carbons (Fsp3) is 0.316. The van der Waals surface area contributed by atoms with Gasteiger partial charge < -0.3 is 10.2 Å². The molecule has 0 spiro atoms. The van der Waals surface area contributed by atoms with Crippen LogP contribution < -0.4 is 9.62 Å². The molecule has 0 radical (unpaired) electrons. The molecule has 252 valence electrons. The Labute approximate surface area is 297 Å². The number of sulfonamides is 1. The van der Waals surface area contributed by atoms with Gasteiger partial charge in [0.1, 0.15) is 12.6 Å². The number of nitrogens with zero attached hydrogens (tertiary/aromatic N) is 2. The second-order valence-corrected chi connectivity index (χ2v) is 15.6. The molecule has 0 unspecified atom stereocenters. The van der Waals surface area contributed by atoms with E-state index in [0.717, 1.165) is 63.1 Å². The molecule has 4 aromatic carbocycles. The van der Waals surface area contributed by atoms with Crippen molar-refractivity contribution in [2.75, 3.05) is 10.8 Å². The SMILES string of the molecule is Cc1ccc(N(CC(=O)N(Cc2ccc(Br)cc2)[C@@H](Cc2ccccc2)C(=O)NC2CCCCC2)S(=O)(=O)c2ccc(Cl)cc2)cc1C. The first-order chi connectivity index (χ1) is 23.0. The highest BCUT2D eigenvalue weighted by atomic mass is 79.9. The molecule has 0 aromatic heterocycles. The van der Waals surface area contributed by atoms with E-state index in [0.29, 0.717) is 10.7 Å². The molecule has 0 saturated heterocycles. The molecule has 2 amide bonds. The molecule has 1 fully saturated rings. The standard InChI is InChI=1S/C38H41BrClN3O4S/c1-27-13-20-34(23-28(27)2)43(48(46,47)35-21-18-32(40)19-22-35)26-37(44)42(25-30-14-16-31(39)17-15-30)36(24-29-9-5-3-6-10-29)38(45)41-33-11-7-4-8-12-33/h3,5-6,9-10,13-23,33,36H,4,7-8,11-12,24-26H2,1-2H3,(H,41,45)/t36-/m0/s1. The number of carbonyl (C=O) groups excluding carboxylic acids is 2. The Bertz CT molecular complexity index is 1810. The fourth-order valence-corrected chi connectivity index (χ4v) is 7.82. The highest BCUT2D eigenvalue weighted by Crippen LogP contribution is 2.28. The van der Waals surface area contributed by atoms with Crippen molar-refractivity contribution in [1.29, 1.82) is 0 Å². The molecule has 7 nitrogen and oxygen atoms in total. The van der Waals surface area contributed by atoms with E-state index in [1.807, 2.05) is 74.5 Å². The van der Waals surface area contributed by atoms with Crippen LogP contribution in [0.5, 0.6) is 0 Å². The first kappa shape index (κ1) is 35.6. The first-order valence-electron chi connectivity index (χ1n) is 16.2. The van der Waals surface area contributed by atoms with Gasteiger partial charge in [0.2, 0.25) is 11.8 Å². The van der Waals surface area contributed by atoms with Crippen LogP contribution in [-0.4, -0.2) is 43.8 Å². The molecule has 4 aromatic rings. The minimum absolute atomic E-state index is 0.00765. The summed E-state index contributed by atoms with van der Waals surface area (Å²) in [4.78, 5) is 30.5. The number of hydrogen-bond donors (Lipinski definition) is 1. The Hall–Kier alpha value is -3.66. The Kier molecular flexibility index (Phi) is 12.0. The third-order valence-corrected chi connectivity index (χ3v) is 11.5. The first-order valence-corrected chi connectivity index (χ1v) is 18.9. The summed E-state index contributed by atoms with van der Waals surface area (Å²) in [6.45, 7) is 3.45. The molecule has 0 heterocycles. The zero-order chi connectivity index (χ0) is 34.3. The van der Waals surface area contributed by atoms with E-state index in [2.05, 4.69) is 21.2 Å². The van der Waals surface area contributed by atoms with Gasteiger partial charge >= 0.3 is 0 Å². The van der Waals surface area contributed by atoms with Crippen molar-refractivity contribution in [2.24, 2.45) is 0 Å². The number of benzene rings is 4. The molecule has 1 aliphatic rings. The van der Waals surface area contributed by atoms with Crippen LogP contribution in [0.15, 0.2) is 106 Å². The topological polar surface area (TPSA) is 86.8 Å². The van der Waals surface area contributed by atoms with E-state index in [4.69, 9.17) is 11.6 Å². The van der Waals surface area contributed by atoms with Crippen molar-refractivity contribution >= 4 is 55.1 Å². The van der Waals surface area contributed by atoms with E-state index >= 15 is 0 Å². The van der Waals surface area contributed by atoms with Crippen molar-refractivity contribution in [3.8, 4) is 0 Å². The van der Waals surface area contributed by atoms with Crippen LogP contribution in [0.25, 0.3) is 0 Å². The maximum absolute atomic E-state index is 14.7. The molecule has 1 saturated carbocycles. The van der Waals surface area contributed by atoms with E-state index in [-0.39, 0.29) is 29.8 Å². The monoisotopic (exact) mass is 749 g/mol. The van der Waals surface area contributed by atoms with Crippen molar-refractivity contribution in [1.82, 2.24) is 10.2 Å².